The Balaban J connectivity index is 1.94. The lowest BCUT2D eigenvalue weighted by Crippen LogP contribution is -2.48. The monoisotopic (exact) mass is 360 g/mol. The van der Waals surface area contributed by atoms with Crippen LogP contribution in [0.5, 0.6) is 0 Å². The summed E-state index contributed by atoms with van der Waals surface area (Å²) in [4.78, 5) is 2.54. The van der Waals surface area contributed by atoms with Gasteiger partial charge in [0.05, 0.1) is 10.6 Å². The van der Waals surface area contributed by atoms with Crippen LogP contribution in [0.4, 0.5) is 0 Å². The third-order valence-electron chi connectivity index (χ3n) is 3.95. The van der Waals surface area contributed by atoms with E-state index < -0.39 is 9.84 Å². The lowest BCUT2D eigenvalue weighted by molar-refractivity contribution is 0.177. The zero-order valence-corrected chi connectivity index (χ0v) is 14.0. The van der Waals surface area contributed by atoms with E-state index >= 15 is 0 Å². The van der Waals surface area contributed by atoms with Crippen molar-refractivity contribution in [3.63, 3.8) is 0 Å². The number of benzene rings is 1. The fourth-order valence-electron chi connectivity index (χ4n) is 2.38. The SMILES string of the molecule is CC1CCN(CCS(=O)(=O)c2ccc(Br)cc2)CC1N. The van der Waals surface area contributed by atoms with Gasteiger partial charge < -0.3 is 10.6 Å². The Bertz CT molecular complexity index is 545. The predicted molar refractivity (Wildman–Crippen MR) is 84.4 cm³/mol. The largest absolute Gasteiger partial charge is 0.326 e. The molecule has 0 saturated carbocycles. The molecule has 2 unspecified atom stereocenters. The first-order valence-electron chi connectivity index (χ1n) is 6.85. The van der Waals surface area contributed by atoms with Crippen LogP contribution in [0.2, 0.25) is 0 Å². The molecule has 1 heterocycles. The highest BCUT2D eigenvalue weighted by Crippen LogP contribution is 2.18. The van der Waals surface area contributed by atoms with Gasteiger partial charge in [0.2, 0.25) is 0 Å². The van der Waals surface area contributed by atoms with Crippen molar-refractivity contribution < 1.29 is 8.42 Å². The summed E-state index contributed by atoms with van der Waals surface area (Å²) >= 11 is 3.31. The van der Waals surface area contributed by atoms with E-state index in [1.54, 1.807) is 24.3 Å². The molecule has 2 atom stereocenters. The molecule has 1 aromatic rings. The molecule has 0 radical (unpaired) electrons. The van der Waals surface area contributed by atoms with Gasteiger partial charge in [-0.3, -0.25) is 0 Å². The lowest BCUT2D eigenvalue weighted by Gasteiger charge is -2.34. The van der Waals surface area contributed by atoms with Crippen LogP contribution in [0.1, 0.15) is 13.3 Å². The van der Waals surface area contributed by atoms with Crippen LogP contribution in [-0.2, 0) is 9.84 Å². The van der Waals surface area contributed by atoms with Crippen molar-refractivity contribution in [2.24, 2.45) is 11.7 Å². The molecule has 1 aliphatic heterocycles. The van der Waals surface area contributed by atoms with Gasteiger partial charge in [0.15, 0.2) is 9.84 Å². The summed E-state index contributed by atoms with van der Waals surface area (Å²) in [7, 11) is -3.21. The third kappa shape index (κ3) is 4.04. The van der Waals surface area contributed by atoms with E-state index in [1.807, 2.05) is 0 Å². The molecule has 0 aliphatic carbocycles. The van der Waals surface area contributed by atoms with Crippen LogP contribution in [-0.4, -0.2) is 44.7 Å². The standard InChI is InChI=1S/C14H21BrN2O2S/c1-11-6-7-17(10-14(11)16)8-9-20(18,19)13-4-2-12(15)3-5-13/h2-5,11,14H,6-10,16H2,1H3. The zero-order chi connectivity index (χ0) is 14.8. The van der Waals surface area contributed by atoms with Gasteiger partial charge in [0.25, 0.3) is 0 Å². The molecule has 1 saturated heterocycles. The number of hydrogen-bond acceptors (Lipinski definition) is 4. The maximum atomic E-state index is 12.3. The molecule has 1 aliphatic rings. The van der Waals surface area contributed by atoms with Gasteiger partial charge in [0.1, 0.15) is 0 Å². The van der Waals surface area contributed by atoms with E-state index in [2.05, 4.69) is 27.8 Å². The number of rotatable bonds is 4. The highest BCUT2D eigenvalue weighted by Gasteiger charge is 2.24. The molecule has 2 rings (SSSR count). The number of nitrogens with two attached hydrogens (primary N) is 1. The van der Waals surface area contributed by atoms with E-state index in [0.717, 1.165) is 24.0 Å². The molecular formula is C14H21BrN2O2S. The smallest absolute Gasteiger partial charge is 0.179 e. The zero-order valence-electron chi connectivity index (χ0n) is 11.6. The van der Waals surface area contributed by atoms with Gasteiger partial charge in [0, 0.05) is 23.6 Å². The average Bonchev–Trinajstić information content (AvgIpc) is 2.41. The first-order chi connectivity index (χ1) is 9.38. The van der Waals surface area contributed by atoms with Crippen LogP contribution in [0.25, 0.3) is 0 Å². The van der Waals surface area contributed by atoms with Crippen LogP contribution in [0.15, 0.2) is 33.6 Å². The number of likely N-dealkylation sites (tertiary alicyclic amines) is 1. The Morgan fingerprint density at radius 2 is 2.00 bits per heavy atom. The number of nitrogens with zero attached hydrogens (tertiary/aromatic N) is 1. The van der Waals surface area contributed by atoms with Crippen molar-refractivity contribution >= 4 is 25.8 Å². The van der Waals surface area contributed by atoms with Gasteiger partial charge in [-0.1, -0.05) is 22.9 Å². The Hall–Kier alpha value is -0.430. The highest BCUT2D eigenvalue weighted by molar-refractivity contribution is 9.10. The van der Waals surface area contributed by atoms with Crippen LogP contribution >= 0.6 is 15.9 Å². The van der Waals surface area contributed by atoms with Crippen LogP contribution < -0.4 is 5.73 Å². The minimum atomic E-state index is -3.21. The first kappa shape index (κ1) is 15.9. The van der Waals surface area contributed by atoms with Gasteiger partial charge >= 0.3 is 0 Å². The van der Waals surface area contributed by atoms with Gasteiger partial charge in [-0.25, -0.2) is 8.42 Å². The molecule has 4 nitrogen and oxygen atoms in total. The highest BCUT2D eigenvalue weighted by atomic mass is 79.9. The molecule has 0 bridgehead atoms. The molecule has 2 N–H and O–H groups in total. The van der Waals surface area contributed by atoms with Gasteiger partial charge in [-0.15, -0.1) is 0 Å². The predicted octanol–water partition coefficient (Wildman–Crippen LogP) is 1.89. The molecule has 0 amide bonds. The van der Waals surface area contributed by atoms with E-state index in [0.29, 0.717) is 17.4 Å². The quantitative estimate of drug-likeness (QED) is 0.890. The minimum Gasteiger partial charge on any atom is -0.326 e. The van der Waals surface area contributed by atoms with E-state index in [4.69, 9.17) is 5.73 Å². The Labute approximate surface area is 129 Å². The topological polar surface area (TPSA) is 63.4 Å². The van der Waals surface area contributed by atoms with Crippen molar-refractivity contribution in [2.75, 3.05) is 25.4 Å². The number of piperidine rings is 1. The first-order valence-corrected chi connectivity index (χ1v) is 9.29. The molecule has 6 heteroatoms. The molecule has 1 fully saturated rings. The fourth-order valence-corrected chi connectivity index (χ4v) is 3.93. The Kier molecular flexibility index (Phi) is 5.23. The second-order valence-electron chi connectivity index (χ2n) is 5.50. The van der Waals surface area contributed by atoms with Crippen LogP contribution in [0, 0.1) is 5.92 Å². The maximum Gasteiger partial charge on any atom is 0.179 e. The van der Waals surface area contributed by atoms with Crippen molar-refractivity contribution in [2.45, 2.75) is 24.3 Å². The summed E-state index contributed by atoms with van der Waals surface area (Å²) in [6.45, 7) is 4.43. The summed E-state index contributed by atoms with van der Waals surface area (Å²) in [5, 5.41) is 0. The molecule has 20 heavy (non-hydrogen) atoms. The molecule has 0 aromatic heterocycles. The van der Waals surface area contributed by atoms with Gasteiger partial charge in [-0.05, 0) is 43.1 Å². The summed E-state index contributed by atoms with van der Waals surface area (Å²) in [6, 6.07) is 6.95. The normalized spacial score (nSPS) is 24.8. The van der Waals surface area contributed by atoms with Gasteiger partial charge in [-0.2, -0.15) is 0 Å². The minimum absolute atomic E-state index is 0.149. The molecule has 0 spiro atoms. The van der Waals surface area contributed by atoms with Crippen LogP contribution in [0.3, 0.4) is 0 Å². The van der Waals surface area contributed by atoms with E-state index in [9.17, 15) is 8.42 Å². The average molecular weight is 361 g/mol. The Morgan fingerprint density at radius 1 is 1.35 bits per heavy atom. The molecule has 112 valence electrons. The number of sulfone groups is 1. The maximum absolute atomic E-state index is 12.3. The fraction of sp³-hybridized carbons (Fsp3) is 0.571. The third-order valence-corrected chi connectivity index (χ3v) is 6.19. The summed E-state index contributed by atoms with van der Waals surface area (Å²) in [5.74, 6) is 0.671. The van der Waals surface area contributed by atoms with Crippen molar-refractivity contribution in [3.8, 4) is 0 Å². The Morgan fingerprint density at radius 3 is 2.60 bits per heavy atom. The van der Waals surface area contributed by atoms with Crippen molar-refractivity contribution in [1.29, 1.82) is 0 Å². The van der Waals surface area contributed by atoms with Crippen molar-refractivity contribution in [3.05, 3.63) is 28.7 Å². The van der Waals surface area contributed by atoms with Crippen molar-refractivity contribution in [1.82, 2.24) is 4.90 Å². The second-order valence-corrected chi connectivity index (χ2v) is 8.53. The lowest BCUT2D eigenvalue weighted by atomic mass is 9.94. The summed E-state index contributed by atoms with van der Waals surface area (Å²) in [5.41, 5.74) is 6.04. The van der Waals surface area contributed by atoms with E-state index in [-0.39, 0.29) is 11.8 Å². The summed E-state index contributed by atoms with van der Waals surface area (Å²) < 4.78 is 25.4. The van der Waals surface area contributed by atoms with E-state index in [1.165, 1.54) is 0 Å². The molecule has 1 aromatic carbocycles. The number of halogens is 1. The summed E-state index contributed by atoms with van der Waals surface area (Å²) in [6.07, 6.45) is 1.04. The molecular weight excluding hydrogens is 340 g/mol. The second kappa shape index (κ2) is 6.56. The number of hydrogen-bond donors (Lipinski definition) is 1.